The number of hydrogen-bond donors (Lipinski definition) is 10. The van der Waals surface area contributed by atoms with Crippen LogP contribution in [0, 0.1) is 5.92 Å². The maximum atomic E-state index is 14.3. The van der Waals surface area contributed by atoms with Gasteiger partial charge in [-0.05, 0) is 67.0 Å². The maximum Gasteiger partial charge on any atom is 0.309 e. The molecule has 2 aliphatic heterocycles. The number of nitrogens with two attached hydrogens (primary N) is 2. The fourth-order valence-electron chi connectivity index (χ4n) is 8.67. The predicted octanol–water partition coefficient (Wildman–Crippen LogP) is 0.424. The van der Waals surface area contributed by atoms with Gasteiger partial charge in [-0.2, -0.15) is 0 Å². The van der Waals surface area contributed by atoms with E-state index < -0.39 is 102 Å². The molecular formula is C47H57N9O10. The number of aromatic nitrogens is 1. The second kappa shape index (κ2) is 22.1. The van der Waals surface area contributed by atoms with Gasteiger partial charge in [0.15, 0.2) is 0 Å². The number of carboxylic acid groups (broad SMARTS) is 1. The van der Waals surface area contributed by atoms with Crippen molar-refractivity contribution in [2.75, 3.05) is 6.54 Å². The number of nitrogens with one attached hydrogen (secondary N) is 6. The van der Waals surface area contributed by atoms with Crippen molar-refractivity contribution >= 4 is 58.2 Å². The van der Waals surface area contributed by atoms with Crippen LogP contribution < -0.4 is 38.1 Å². The maximum absolute atomic E-state index is 14.3. The Hall–Kier alpha value is -7.28. The predicted molar refractivity (Wildman–Crippen MR) is 241 cm³/mol. The zero-order valence-corrected chi connectivity index (χ0v) is 36.5. The quantitative estimate of drug-likeness (QED) is 0.0547. The average molecular weight is 908 g/mol. The van der Waals surface area contributed by atoms with Gasteiger partial charge in [-0.15, -0.1) is 0 Å². The number of phenols is 1. The summed E-state index contributed by atoms with van der Waals surface area (Å²) < 4.78 is 0. The van der Waals surface area contributed by atoms with Crippen LogP contribution in [-0.2, 0) is 57.6 Å². The molecule has 6 rings (SSSR count). The highest BCUT2D eigenvalue weighted by atomic mass is 16.4. The standard InChI is InChI=1S/C47H57N9O10/c1-2-3-12-35(53-42(60)33(48)20-27-14-17-30(57)18-15-27)43(61)51-25-39(58)52-38(22-28-24-50-34-13-8-7-11-31(28)34)44(62)54-36-19-16-29-23-32(47(65)66)40(56(29)46(36)64)45(63)55-37(41(49)59)21-26-9-5-4-6-10-26/h4-11,13-15,17-18,24,29,32-33,35-38,40,50,57H,2-3,12,16,19-23,25,48H2,1H3,(H2,49,59)(H,51,61)(H,52,58)(H,53,60)(H,54,62)(H,55,63)(H,65,66)/t29-,32-,33+,35+,36+,37+,38+,40+/m1/s1. The van der Waals surface area contributed by atoms with Crippen molar-refractivity contribution in [2.24, 2.45) is 17.4 Å². The molecule has 2 saturated heterocycles. The molecule has 2 aliphatic rings. The molecule has 8 atom stereocenters. The number of piperidine rings is 1. The minimum absolute atomic E-state index is 0.0275. The van der Waals surface area contributed by atoms with E-state index in [2.05, 4.69) is 31.6 Å². The van der Waals surface area contributed by atoms with Gasteiger partial charge >= 0.3 is 5.97 Å². The molecule has 2 fully saturated rings. The number of hydrogen-bond acceptors (Lipinski definition) is 10. The van der Waals surface area contributed by atoms with E-state index in [0.29, 0.717) is 29.5 Å². The van der Waals surface area contributed by atoms with E-state index in [1.54, 1.807) is 48.7 Å². The molecule has 0 saturated carbocycles. The van der Waals surface area contributed by atoms with E-state index in [-0.39, 0.29) is 50.7 Å². The highest BCUT2D eigenvalue weighted by Crippen LogP contribution is 2.37. The number of carbonyl (C=O) groups is 8. The van der Waals surface area contributed by atoms with Crippen LogP contribution in [-0.4, -0.2) is 116 Å². The van der Waals surface area contributed by atoms with Crippen LogP contribution in [0.15, 0.2) is 85.1 Å². The first-order valence-corrected chi connectivity index (χ1v) is 22.1. The molecular weight excluding hydrogens is 851 g/mol. The Labute approximate surface area is 380 Å². The number of aromatic hydroxyl groups is 1. The lowest BCUT2D eigenvalue weighted by Gasteiger charge is -2.38. The van der Waals surface area contributed by atoms with E-state index in [0.717, 1.165) is 10.9 Å². The molecule has 4 aromatic rings. The van der Waals surface area contributed by atoms with Gasteiger partial charge < -0.3 is 58.1 Å². The van der Waals surface area contributed by atoms with Crippen molar-refractivity contribution in [2.45, 2.75) is 107 Å². The number of unbranched alkanes of at least 4 members (excludes halogenated alkanes) is 1. The van der Waals surface area contributed by atoms with Gasteiger partial charge in [-0.25, -0.2) is 0 Å². The number of primary amides is 1. The normalized spacial score (nSPS) is 19.7. The number of para-hydroxylation sites is 1. The highest BCUT2D eigenvalue weighted by molar-refractivity contribution is 5.99. The molecule has 19 heteroatoms. The number of aliphatic carboxylic acids is 1. The summed E-state index contributed by atoms with van der Waals surface area (Å²) in [6.07, 6.45) is 3.70. The van der Waals surface area contributed by atoms with Crippen molar-refractivity contribution in [3.8, 4) is 5.75 Å². The monoisotopic (exact) mass is 907 g/mol. The summed E-state index contributed by atoms with van der Waals surface area (Å²) in [6.45, 7) is 1.34. The SMILES string of the molecule is CCCC[C@H](NC(=O)[C@@H](N)Cc1ccc(O)cc1)C(=O)NCC(=O)N[C@@H](Cc1c[nH]c2ccccc12)C(=O)N[C@H]1CC[C@@H]2C[C@@H](C(=O)O)[C@@H](C(=O)N[C@@H](Cc3ccccc3)C(N)=O)N2C1=O. The van der Waals surface area contributed by atoms with Gasteiger partial charge in [-0.3, -0.25) is 38.4 Å². The molecule has 19 nitrogen and oxygen atoms in total. The summed E-state index contributed by atoms with van der Waals surface area (Å²) in [5.41, 5.74) is 14.6. The molecule has 0 radical (unpaired) electrons. The van der Waals surface area contributed by atoms with Crippen LogP contribution >= 0.6 is 0 Å². The zero-order valence-electron chi connectivity index (χ0n) is 36.5. The van der Waals surface area contributed by atoms with Crippen molar-refractivity contribution in [1.29, 1.82) is 0 Å². The summed E-state index contributed by atoms with van der Waals surface area (Å²) in [5, 5.41) is 33.8. The molecule has 3 aromatic carbocycles. The Morgan fingerprint density at radius 2 is 1.50 bits per heavy atom. The third-order valence-electron chi connectivity index (χ3n) is 12.2. The lowest BCUT2D eigenvalue weighted by molar-refractivity contribution is -0.151. The number of phenolic OH excluding ortho intramolecular Hbond substituents is 1. The summed E-state index contributed by atoms with van der Waals surface area (Å²) in [7, 11) is 0. The average Bonchev–Trinajstić information content (AvgIpc) is 3.91. The van der Waals surface area contributed by atoms with E-state index >= 15 is 0 Å². The van der Waals surface area contributed by atoms with Crippen LogP contribution in [0.25, 0.3) is 10.9 Å². The minimum atomic E-state index is -1.51. The fraction of sp³-hybridized carbons (Fsp3) is 0.404. The number of H-pyrrole nitrogens is 1. The van der Waals surface area contributed by atoms with Gasteiger partial charge in [0.05, 0.1) is 18.5 Å². The smallest absolute Gasteiger partial charge is 0.309 e. The topological polar surface area (TPSA) is 308 Å². The molecule has 0 unspecified atom stereocenters. The Morgan fingerprint density at radius 1 is 0.803 bits per heavy atom. The van der Waals surface area contributed by atoms with Gasteiger partial charge in [0.2, 0.25) is 41.4 Å². The largest absolute Gasteiger partial charge is 0.508 e. The van der Waals surface area contributed by atoms with Gasteiger partial charge in [0, 0.05) is 36.0 Å². The summed E-state index contributed by atoms with van der Waals surface area (Å²) in [4.78, 5) is 112. The molecule has 1 aromatic heterocycles. The lowest BCUT2D eigenvalue weighted by atomic mass is 9.95. The molecule has 0 aliphatic carbocycles. The van der Waals surface area contributed by atoms with Crippen molar-refractivity contribution in [3.05, 3.63) is 102 Å². The third kappa shape index (κ3) is 12.1. The molecule has 0 spiro atoms. The van der Waals surface area contributed by atoms with Gasteiger partial charge in [0.1, 0.15) is 36.0 Å². The minimum Gasteiger partial charge on any atom is -0.508 e. The second-order valence-corrected chi connectivity index (χ2v) is 16.9. The van der Waals surface area contributed by atoms with E-state index in [1.807, 2.05) is 31.2 Å². The number of nitrogens with zero attached hydrogens (tertiary/aromatic N) is 1. The molecule has 350 valence electrons. The van der Waals surface area contributed by atoms with E-state index in [1.165, 1.54) is 17.0 Å². The van der Waals surface area contributed by atoms with Crippen LogP contribution in [0.2, 0.25) is 0 Å². The molecule has 12 N–H and O–H groups in total. The zero-order chi connectivity index (χ0) is 47.5. The van der Waals surface area contributed by atoms with Crippen LogP contribution in [0.1, 0.15) is 62.1 Å². The molecule has 3 heterocycles. The number of carboxylic acids is 1. The highest BCUT2D eigenvalue weighted by Gasteiger charge is 2.54. The first-order chi connectivity index (χ1) is 31.6. The van der Waals surface area contributed by atoms with Crippen molar-refractivity contribution in [3.63, 3.8) is 0 Å². The molecule has 7 amide bonds. The Morgan fingerprint density at radius 3 is 2.20 bits per heavy atom. The Bertz CT molecular complexity index is 2410. The molecule has 66 heavy (non-hydrogen) atoms. The van der Waals surface area contributed by atoms with Crippen LogP contribution in [0.4, 0.5) is 0 Å². The number of rotatable bonds is 21. The molecule has 0 bridgehead atoms. The third-order valence-corrected chi connectivity index (χ3v) is 12.2. The Balaban J connectivity index is 1.14. The number of benzene rings is 3. The van der Waals surface area contributed by atoms with Crippen molar-refractivity contribution < 1.29 is 48.6 Å². The van der Waals surface area contributed by atoms with E-state index in [4.69, 9.17) is 11.5 Å². The summed E-state index contributed by atoms with van der Waals surface area (Å²) in [5.74, 6) is -7.69. The van der Waals surface area contributed by atoms with Gasteiger partial charge in [0.25, 0.3) is 0 Å². The first kappa shape index (κ1) is 48.2. The first-order valence-electron chi connectivity index (χ1n) is 22.1. The fourth-order valence-corrected chi connectivity index (χ4v) is 8.67. The van der Waals surface area contributed by atoms with Crippen LogP contribution in [0.5, 0.6) is 5.75 Å². The number of carbonyl (C=O) groups excluding carboxylic acids is 7. The second-order valence-electron chi connectivity index (χ2n) is 16.9. The number of amides is 7. The van der Waals surface area contributed by atoms with Gasteiger partial charge in [-0.1, -0.05) is 80.4 Å². The summed E-state index contributed by atoms with van der Waals surface area (Å²) in [6, 6.07) is 14.4. The van der Waals surface area contributed by atoms with Crippen molar-refractivity contribution in [1.82, 2.24) is 36.5 Å². The van der Waals surface area contributed by atoms with E-state index in [9.17, 15) is 48.6 Å². The van der Waals surface area contributed by atoms with Crippen LogP contribution in [0.3, 0.4) is 0 Å². The lowest BCUT2D eigenvalue weighted by Crippen LogP contribution is -2.62. The summed E-state index contributed by atoms with van der Waals surface area (Å²) >= 11 is 0. The Kier molecular flexibility index (Phi) is 16.1. The number of fused-ring (bicyclic) bond motifs is 2. The number of aromatic amines is 1.